The molecule has 6 heteroatoms. The molecular weight excluding hydrogens is 286 g/mol. The second-order valence-electron chi connectivity index (χ2n) is 5.34. The van der Waals surface area contributed by atoms with E-state index in [0.717, 1.165) is 19.4 Å². The van der Waals surface area contributed by atoms with Gasteiger partial charge in [0.25, 0.3) is 5.91 Å². The molecule has 1 atom stereocenters. The third kappa shape index (κ3) is 4.73. The molecule has 1 aromatic carbocycles. The van der Waals surface area contributed by atoms with Crippen LogP contribution in [0.15, 0.2) is 24.3 Å². The zero-order chi connectivity index (χ0) is 15.9. The maximum Gasteiger partial charge on any atom is 0.305 e. The lowest BCUT2D eigenvalue weighted by atomic mass is 10.2. The smallest absolute Gasteiger partial charge is 0.305 e. The van der Waals surface area contributed by atoms with E-state index in [2.05, 4.69) is 0 Å². The molecule has 1 saturated heterocycles. The Kier molecular flexibility index (Phi) is 5.77. The van der Waals surface area contributed by atoms with E-state index >= 15 is 0 Å². The summed E-state index contributed by atoms with van der Waals surface area (Å²) in [6.07, 6.45) is 2.10. The number of aliphatic carboxylic acids is 1. The molecular formula is C16H21NO5. The van der Waals surface area contributed by atoms with Crippen molar-refractivity contribution >= 4 is 11.9 Å². The van der Waals surface area contributed by atoms with E-state index in [0.29, 0.717) is 17.9 Å². The number of ether oxygens (including phenoxy) is 2. The quantitative estimate of drug-likeness (QED) is 0.831. The van der Waals surface area contributed by atoms with Gasteiger partial charge in [0.2, 0.25) is 0 Å². The van der Waals surface area contributed by atoms with Crippen LogP contribution in [0.2, 0.25) is 0 Å². The molecule has 22 heavy (non-hydrogen) atoms. The van der Waals surface area contributed by atoms with Crippen LogP contribution in [0.25, 0.3) is 0 Å². The summed E-state index contributed by atoms with van der Waals surface area (Å²) in [6, 6.07) is 6.92. The van der Waals surface area contributed by atoms with Gasteiger partial charge in [-0.25, -0.2) is 0 Å². The zero-order valence-electron chi connectivity index (χ0n) is 12.7. The Balaban J connectivity index is 1.91. The number of amides is 1. The van der Waals surface area contributed by atoms with Gasteiger partial charge >= 0.3 is 5.97 Å². The van der Waals surface area contributed by atoms with Gasteiger partial charge < -0.3 is 19.5 Å². The molecule has 0 radical (unpaired) electrons. The first-order chi connectivity index (χ1) is 10.6. The predicted molar refractivity (Wildman–Crippen MR) is 80.1 cm³/mol. The number of carboxylic acid groups (broad SMARTS) is 1. The van der Waals surface area contributed by atoms with Gasteiger partial charge in [0.1, 0.15) is 12.4 Å². The SMILES string of the molecule is CN(CCC(=O)O)C(=O)c1cccc(OC[C@H]2CCCO2)c1. The highest BCUT2D eigenvalue weighted by Gasteiger charge is 2.17. The van der Waals surface area contributed by atoms with Crippen molar-refractivity contribution in [3.05, 3.63) is 29.8 Å². The topological polar surface area (TPSA) is 76.1 Å². The van der Waals surface area contributed by atoms with Crippen LogP contribution in [-0.2, 0) is 9.53 Å². The lowest BCUT2D eigenvalue weighted by Crippen LogP contribution is -2.29. The highest BCUT2D eigenvalue weighted by atomic mass is 16.5. The molecule has 0 saturated carbocycles. The van der Waals surface area contributed by atoms with Crippen molar-refractivity contribution in [2.24, 2.45) is 0 Å². The highest BCUT2D eigenvalue weighted by Crippen LogP contribution is 2.18. The van der Waals surface area contributed by atoms with Crippen molar-refractivity contribution in [2.75, 3.05) is 26.8 Å². The maximum absolute atomic E-state index is 12.2. The van der Waals surface area contributed by atoms with Crippen molar-refractivity contribution in [2.45, 2.75) is 25.4 Å². The van der Waals surface area contributed by atoms with Gasteiger partial charge in [-0.1, -0.05) is 6.07 Å². The first-order valence-electron chi connectivity index (χ1n) is 7.38. The van der Waals surface area contributed by atoms with E-state index in [1.165, 1.54) is 4.90 Å². The van der Waals surface area contributed by atoms with Gasteiger partial charge in [-0.15, -0.1) is 0 Å². The minimum atomic E-state index is -0.923. The zero-order valence-corrected chi connectivity index (χ0v) is 12.7. The standard InChI is InChI=1S/C16H21NO5/c1-17(8-7-15(18)19)16(20)12-4-2-5-13(10-12)22-11-14-6-3-9-21-14/h2,4-5,10,14H,3,6-9,11H2,1H3,(H,18,19)/t14-/m1/s1. The summed E-state index contributed by atoms with van der Waals surface area (Å²) in [5.74, 6) is -0.523. The third-order valence-corrected chi connectivity index (χ3v) is 3.55. The molecule has 0 aromatic heterocycles. The first-order valence-corrected chi connectivity index (χ1v) is 7.38. The Hall–Kier alpha value is -2.08. The second-order valence-corrected chi connectivity index (χ2v) is 5.34. The van der Waals surface area contributed by atoms with Crippen molar-refractivity contribution in [3.63, 3.8) is 0 Å². The average Bonchev–Trinajstić information content (AvgIpc) is 3.03. The Morgan fingerprint density at radius 1 is 1.45 bits per heavy atom. The lowest BCUT2D eigenvalue weighted by Gasteiger charge is -2.17. The number of carbonyl (C=O) groups is 2. The Morgan fingerprint density at radius 3 is 2.95 bits per heavy atom. The minimum Gasteiger partial charge on any atom is -0.491 e. The second kappa shape index (κ2) is 7.79. The molecule has 6 nitrogen and oxygen atoms in total. The van der Waals surface area contributed by atoms with E-state index in [-0.39, 0.29) is 25.0 Å². The summed E-state index contributed by atoms with van der Waals surface area (Å²) in [5.41, 5.74) is 0.484. The summed E-state index contributed by atoms with van der Waals surface area (Å²) in [6.45, 7) is 1.43. The summed E-state index contributed by atoms with van der Waals surface area (Å²) >= 11 is 0. The Morgan fingerprint density at radius 2 is 2.27 bits per heavy atom. The fourth-order valence-corrected chi connectivity index (χ4v) is 2.27. The van der Waals surface area contributed by atoms with Crippen molar-refractivity contribution in [1.29, 1.82) is 0 Å². The molecule has 1 amide bonds. The Bertz CT molecular complexity index is 525. The lowest BCUT2D eigenvalue weighted by molar-refractivity contribution is -0.137. The van der Waals surface area contributed by atoms with Crippen LogP contribution in [0.5, 0.6) is 5.75 Å². The third-order valence-electron chi connectivity index (χ3n) is 3.55. The van der Waals surface area contributed by atoms with E-state index in [1.807, 2.05) is 0 Å². The molecule has 1 heterocycles. The van der Waals surface area contributed by atoms with E-state index in [9.17, 15) is 9.59 Å². The van der Waals surface area contributed by atoms with Gasteiger partial charge in [0.15, 0.2) is 0 Å². The molecule has 1 N–H and O–H groups in total. The van der Waals surface area contributed by atoms with Gasteiger partial charge in [-0.05, 0) is 31.0 Å². The predicted octanol–water partition coefficient (Wildman–Crippen LogP) is 1.79. The summed E-state index contributed by atoms with van der Waals surface area (Å²) in [5, 5.41) is 8.66. The van der Waals surface area contributed by atoms with Gasteiger partial charge in [0.05, 0.1) is 12.5 Å². The summed E-state index contributed by atoms with van der Waals surface area (Å²) in [4.78, 5) is 24.2. The minimum absolute atomic E-state index is 0.0720. The highest BCUT2D eigenvalue weighted by molar-refractivity contribution is 5.94. The van der Waals surface area contributed by atoms with E-state index in [4.69, 9.17) is 14.6 Å². The molecule has 1 aliphatic rings. The summed E-state index contributed by atoms with van der Waals surface area (Å²) in [7, 11) is 1.59. The van der Waals surface area contributed by atoms with Crippen LogP contribution >= 0.6 is 0 Å². The number of hydrogen-bond acceptors (Lipinski definition) is 4. The fraction of sp³-hybridized carbons (Fsp3) is 0.500. The fourth-order valence-electron chi connectivity index (χ4n) is 2.27. The number of carbonyl (C=O) groups excluding carboxylic acids is 1. The van der Waals surface area contributed by atoms with Crippen molar-refractivity contribution in [3.8, 4) is 5.75 Å². The van der Waals surface area contributed by atoms with Gasteiger partial charge in [-0.2, -0.15) is 0 Å². The van der Waals surface area contributed by atoms with Crippen LogP contribution in [0.1, 0.15) is 29.6 Å². The Labute approximate surface area is 129 Å². The van der Waals surface area contributed by atoms with Crippen LogP contribution in [0, 0.1) is 0 Å². The molecule has 1 fully saturated rings. The normalized spacial score (nSPS) is 17.2. The number of hydrogen-bond donors (Lipinski definition) is 1. The van der Waals surface area contributed by atoms with Crippen LogP contribution in [0.4, 0.5) is 0 Å². The van der Waals surface area contributed by atoms with Gasteiger partial charge in [0, 0.05) is 25.8 Å². The van der Waals surface area contributed by atoms with Crippen LogP contribution < -0.4 is 4.74 Å². The van der Waals surface area contributed by atoms with Crippen molar-refractivity contribution < 1.29 is 24.2 Å². The molecule has 1 aliphatic heterocycles. The molecule has 0 spiro atoms. The molecule has 0 bridgehead atoms. The molecule has 1 aromatic rings. The molecule has 120 valence electrons. The molecule has 0 unspecified atom stereocenters. The van der Waals surface area contributed by atoms with Crippen LogP contribution in [0.3, 0.4) is 0 Å². The van der Waals surface area contributed by atoms with E-state index < -0.39 is 5.97 Å². The average molecular weight is 307 g/mol. The van der Waals surface area contributed by atoms with Crippen molar-refractivity contribution in [1.82, 2.24) is 4.90 Å². The monoisotopic (exact) mass is 307 g/mol. The maximum atomic E-state index is 12.2. The van der Waals surface area contributed by atoms with Crippen LogP contribution in [-0.4, -0.2) is 54.8 Å². The number of nitrogens with zero attached hydrogens (tertiary/aromatic N) is 1. The molecule has 2 rings (SSSR count). The van der Waals surface area contributed by atoms with Gasteiger partial charge in [-0.3, -0.25) is 9.59 Å². The summed E-state index contributed by atoms with van der Waals surface area (Å²) < 4.78 is 11.2. The first kappa shape index (κ1) is 16.3. The largest absolute Gasteiger partial charge is 0.491 e. The number of carboxylic acids is 1. The van der Waals surface area contributed by atoms with E-state index in [1.54, 1.807) is 31.3 Å². The number of rotatable bonds is 7. The number of benzene rings is 1. The molecule has 0 aliphatic carbocycles.